The molecule has 4 heteroatoms. The van der Waals surface area contributed by atoms with Crippen molar-refractivity contribution in [3.8, 4) is 0 Å². The summed E-state index contributed by atoms with van der Waals surface area (Å²) in [7, 11) is 0. The van der Waals surface area contributed by atoms with Crippen LogP contribution in [0.3, 0.4) is 0 Å². The predicted molar refractivity (Wildman–Crippen MR) is 76.3 cm³/mol. The van der Waals surface area contributed by atoms with Crippen molar-refractivity contribution in [3.63, 3.8) is 0 Å². The number of rotatable bonds is 5. The number of carbonyl (C=O) groups excluding carboxylic acids is 1. The molecule has 0 aromatic heterocycles. The number of amides is 1. The second-order valence-corrected chi connectivity index (χ2v) is 6.06. The van der Waals surface area contributed by atoms with Gasteiger partial charge in [0.2, 0.25) is 5.91 Å². The van der Waals surface area contributed by atoms with Crippen LogP contribution in [-0.2, 0) is 10.2 Å². The minimum atomic E-state index is -0.108. The molecular formula is C14H19BrN2O. The van der Waals surface area contributed by atoms with E-state index in [4.69, 9.17) is 5.73 Å². The maximum absolute atomic E-state index is 11.7. The molecule has 1 atom stereocenters. The third-order valence-corrected chi connectivity index (χ3v) is 4.19. The Morgan fingerprint density at radius 3 is 2.83 bits per heavy atom. The first kappa shape index (κ1) is 13.6. The van der Waals surface area contributed by atoms with E-state index in [1.54, 1.807) is 0 Å². The summed E-state index contributed by atoms with van der Waals surface area (Å²) in [4.78, 5) is 11.7. The van der Waals surface area contributed by atoms with E-state index in [0.29, 0.717) is 13.1 Å². The van der Waals surface area contributed by atoms with Gasteiger partial charge in [-0.1, -0.05) is 35.0 Å². The summed E-state index contributed by atoms with van der Waals surface area (Å²) in [6.07, 6.45) is 2.28. The standard InChI is InChI=1S/C14H19BrN2O/c1-10(8-16)13(18)17-9-14(5-6-14)11-3-2-4-12(15)7-11/h2-4,7,10H,5-6,8-9,16H2,1H3,(H,17,18). The summed E-state index contributed by atoms with van der Waals surface area (Å²) >= 11 is 3.49. The molecule has 2 rings (SSSR count). The molecule has 0 spiro atoms. The zero-order valence-electron chi connectivity index (χ0n) is 10.6. The highest BCUT2D eigenvalue weighted by Gasteiger charge is 2.44. The lowest BCUT2D eigenvalue weighted by Crippen LogP contribution is -2.38. The summed E-state index contributed by atoms with van der Waals surface area (Å²) in [6, 6.07) is 8.35. The van der Waals surface area contributed by atoms with Gasteiger partial charge in [-0.15, -0.1) is 0 Å². The lowest BCUT2D eigenvalue weighted by molar-refractivity contribution is -0.124. The molecule has 1 saturated carbocycles. The minimum Gasteiger partial charge on any atom is -0.355 e. The number of halogens is 1. The number of carbonyl (C=O) groups is 1. The minimum absolute atomic E-state index is 0.0544. The van der Waals surface area contributed by atoms with E-state index in [1.807, 2.05) is 19.1 Å². The molecule has 0 radical (unpaired) electrons. The van der Waals surface area contributed by atoms with E-state index in [-0.39, 0.29) is 17.2 Å². The van der Waals surface area contributed by atoms with Crippen LogP contribution < -0.4 is 11.1 Å². The molecule has 1 amide bonds. The summed E-state index contributed by atoms with van der Waals surface area (Å²) < 4.78 is 1.09. The first-order chi connectivity index (χ1) is 8.57. The van der Waals surface area contributed by atoms with Crippen LogP contribution in [0.1, 0.15) is 25.3 Å². The van der Waals surface area contributed by atoms with Crippen molar-refractivity contribution in [2.45, 2.75) is 25.2 Å². The highest BCUT2D eigenvalue weighted by atomic mass is 79.9. The normalized spacial score (nSPS) is 18.2. The molecule has 0 saturated heterocycles. The average molecular weight is 311 g/mol. The van der Waals surface area contributed by atoms with Crippen LogP contribution in [0.5, 0.6) is 0 Å². The van der Waals surface area contributed by atoms with Gasteiger partial charge in [0.05, 0.1) is 0 Å². The molecule has 1 aromatic carbocycles. The lowest BCUT2D eigenvalue weighted by Gasteiger charge is -2.18. The molecule has 1 aliphatic rings. The Morgan fingerprint density at radius 1 is 1.56 bits per heavy atom. The molecule has 3 N–H and O–H groups in total. The smallest absolute Gasteiger partial charge is 0.224 e. The Kier molecular flexibility index (Phi) is 4.07. The number of nitrogens with two attached hydrogens (primary N) is 1. The Bertz CT molecular complexity index is 443. The van der Waals surface area contributed by atoms with Crippen molar-refractivity contribution in [2.75, 3.05) is 13.1 Å². The summed E-state index contributed by atoms with van der Waals surface area (Å²) in [6.45, 7) is 2.97. The van der Waals surface area contributed by atoms with E-state index in [0.717, 1.165) is 17.3 Å². The molecule has 1 fully saturated rings. The second-order valence-electron chi connectivity index (χ2n) is 5.15. The van der Waals surface area contributed by atoms with Gasteiger partial charge in [-0.3, -0.25) is 4.79 Å². The molecule has 1 aromatic rings. The van der Waals surface area contributed by atoms with Gasteiger partial charge in [-0.05, 0) is 30.5 Å². The first-order valence-electron chi connectivity index (χ1n) is 6.31. The van der Waals surface area contributed by atoms with Crippen molar-refractivity contribution >= 4 is 21.8 Å². The second kappa shape index (κ2) is 5.41. The van der Waals surface area contributed by atoms with E-state index in [9.17, 15) is 4.79 Å². The number of benzene rings is 1. The van der Waals surface area contributed by atoms with Crippen LogP contribution in [0, 0.1) is 5.92 Å². The molecule has 18 heavy (non-hydrogen) atoms. The van der Waals surface area contributed by atoms with E-state index in [2.05, 4.69) is 33.4 Å². The molecule has 1 aliphatic carbocycles. The maximum Gasteiger partial charge on any atom is 0.224 e. The van der Waals surface area contributed by atoms with Crippen molar-refractivity contribution < 1.29 is 4.79 Å². The van der Waals surface area contributed by atoms with Crippen molar-refractivity contribution in [1.82, 2.24) is 5.32 Å². The van der Waals surface area contributed by atoms with Gasteiger partial charge in [0.15, 0.2) is 0 Å². The van der Waals surface area contributed by atoms with Crippen LogP contribution in [0.15, 0.2) is 28.7 Å². The van der Waals surface area contributed by atoms with Crippen molar-refractivity contribution in [1.29, 1.82) is 0 Å². The lowest BCUT2D eigenvalue weighted by atomic mass is 9.96. The van der Waals surface area contributed by atoms with Gasteiger partial charge < -0.3 is 11.1 Å². The molecule has 3 nitrogen and oxygen atoms in total. The maximum atomic E-state index is 11.7. The third-order valence-electron chi connectivity index (χ3n) is 3.69. The fourth-order valence-corrected chi connectivity index (χ4v) is 2.47. The molecule has 0 bridgehead atoms. The number of hydrogen-bond acceptors (Lipinski definition) is 2. The number of hydrogen-bond donors (Lipinski definition) is 2. The molecule has 0 heterocycles. The van der Waals surface area contributed by atoms with Gasteiger partial charge >= 0.3 is 0 Å². The van der Waals surface area contributed by atoms with E-state index in [1.165, 1.54) is 5.56 Å². The number of nitrogens with one attached hydrogen (secondary N) is 1. The van der Waals surface area contributed by atoms with Gasteiger partial charge in [-0.25, -0.2) is 0 Å². The SMILES string of the molecule is CC(CN)C(=O)NCC1(c2cccc(Br)c2)CC1. The Hall–Kier alpha value is -0.870. The van der Waals surface area contributed by atoms with Crippen LogP contribution in [0.25, 0.3) is 0 Å². The van der Waals surface area contributed by atoms with Crippen LogP contribution >= 0.6 is 15.9 Å². The summed E-state index contributed by atoms with van der Waals surface area (Å²) in [5, 5.41) is 3.02. The van der Waals surface area contributed by atoms with Crippen LogP contribution in [0.2, 0.25) is 0 Å². The van der Waals surface area contributed by atoms with Crippen LogP contribution in [0.4, 0.5) is 0 Å². The first-order valence-corrected chi connectivity index (χ1v) is 7.10. The van der Waals surface area contributed by atoms with Gasteiger partial charge in [0, 0.05) is 28.9 Å². The van der Waals surface area contributed by atoms with E-state index < -0.39 is 0 Å². The fraction of sp³-hybridized carbons (Fsp3) is 0.500. The summed E-state index contributed by atoms with van der Waals surface area (Å²) in [5.74, 6) is -0.0536. The van der Waals surface area contributed by atoms with Crippen molar-refractivity contribution in [3.05, 3.63) is 34.3 Å². The molecule has 98 valence electrons. The average Bonchev–Trinajstić information content (AvgIpc) is 3.16. The van der Waals surface area contributed by atoms with Gasteiger partial charge in [0.25, 0.3) is 0 Å². The quantitative estimate of drug-likeness (QED) is 0.876. The summed E-state index contributed by atoms with van der Waals surface area (Å²) in [5.41, 5.74) is 6.94. The Balaban J connectivity index is 1.99. The van der Waals surface area contributed by atoms with Crippen molar-refractivity contribution in [2.24, 2.45) is 11.7 Å². The highest BCUT2D eigenvalue weighted by molar-refractivity contribution is 9.10. The molecule has 1 unspecified atom stereocenters. The van der Waals surface area contributed by atoms with E-state index >= 15 is 0 Å². The predicted octanol–water partition coefficient (Wildman–Crippen LogP) is 2.19. The van der Waals surface area contributed by atoms with Gasteiger partial charge in [-0.2, -0.15) is 0 Å². The monoisotopic (exact) mass is 310 g/mol. The third kappa shape index (κ3) is 2.93. The highest BCUT2D eigenvalue weighted by Crippen LogP contribution is 2.48. The zero-order chi connectivity index (χ0) is 13.2. The Labute approximate surface area is 116 Å². The van der Waals surface area contributed by atoms with Gasteiger partial charge in [0.1, 0.15) is 0 Å². The topological polar surface area (TPSA) is 55.1 Å². The fourth-order valence-electron chi connectivity index (χ4n) is 2.07. The van der Waals surface area contributed by atoms with Crippen LogP contribution in [-0.4, -0.2) is 19.0 Å². The Morgan fingerprint density at radius 2 is 2.28 bits per heavy atom. The largest absolute Gasteiger partial charge is 0.355 e. The zero-order valence-corrected chi connectivity index (χ0v) is 12.2. The molecular weight excluding hydrogens is 292 g/mol. The molecule has 0 aliphatic heterocycles.